The van der Waals surface area contributed by atoms with Gasteiger partial charge in [0.05, 0.1) is 5.56 Å². The predicted molar refractivity (Wildman–Crippen MR) is 102 cm³/mol. The van der Waals surface area contributed by atoms with Crippen LogP contribution in [0.2, 0.25) is 0 Å². The highest BCUT2D eigenvalue weighted by molar-refractivity contribution is 6.22. The fourth-order valence-electron chi connectivity index (χ4n) is 3.61. The summed E-state index contributed by atoms with van der Waals surface area (Å²) in [7, 11) is 0. The number of carboxylic acids is 1. The maximum atomic E-state index is 13.4. The van der Waals surface area contributed by atoms with Gasteiger partial charge in [-0.05, 0) is 23.8 Å². The smallest absolute Gasteiger partial charge is 0.323 e. The van der Waals surface area contributed by atoms with E-state index in [1.54, 1.807) is 11.5 Å². The third-order valence-corrected chi connectivity index (χ3v) is 4.79. The Morgan fingerprint density at radius 2 is 1.54 bits per heavy atom. The molecule has 1 aromatic heterocycles. The van der Waals surface area contributed by atoms with Crippen molar-refractivity contribution >= 4 is 33.4 Å². The Morgan fingerprint density at radius 3 is 2.31 bits per heavy atom. The van der Waals surface area contributed by atoms with Gasteiger partial charge in [-0.3, -0.25) is 9.59 Å². The molecule has 0 aliphatic carbocycles. The van der Waals surface area contributed by atoms with Crippen LogP contribution in [0.5, 0.6) is 0 Å². The average molecular weight is 343 g/mol. The first kappa shape index (κ1) is 16.1. The summed E-state index contributed by atoms with van der Waals surface area (Å²) in [6.45, 7) is 1.64. The molecule has 0 saturated carbocycles. The van der Waals surface area contributed by atoms with E-state index >= 15 is 0 Å². The van der Waals surface area contributed by atoms with E-state index in [4.69, 9.17) is 0 Å². The zero-order valence-electron chi connectivity index (χ0n) is 14.3. The number of carboxylic acid groups (broad SMARTS) is 1. The second-order valence-corrected chi connectivity index (χ2v) is 6.31. The zero-order chi connectivity index (χ0) is 18.3. The fraction of sp³-hybridized carbons (Fsp3) is 0.0909. The van der Waals surface area contributed by atoms with Crippen molar-refractivity contribution in [1.82, 2.24) is 4.57 Å². The lowest BCUT2D eigenvalue weighted by molar-refractivity contribution is -0.137. The second-order valence-electron chi connectivity index (χ2n) is 6.31. The number of hydrogen-bond donors (Lipinski definition) is 1. The van der Waals surface area contributed by atoms with Gasteiger partial charge in [0.15, 0.2) is 5.78 Å². The molecule has 0 fully saturated rings. The summed E-state index contributed by atoms with van der Waals surface area (Å²) in [5, 5.41) is 11.9. The minimum absolute atomic E-state index is 0.0837. The van der Waals surface area contributed by atoms with Crippen LogP contribution in [0.3, 0.4) is 0 Å². The summed E-state index contributed by atoms with van der Waals surface area (Å²) in [5.74, 6) is -1.02. The molecule has 4 rings (SSSR count). The summed E-state index contributed by atoms with van der Waals surface area (Å²) in [4.78, 5) is 24.7. The number of nitrogens with zero attached hydrogens (tertiary/aromatic N) is 1. The summed E-state index contributed by atoms with van der Waals surface area (Å²) >= 11 is 0. The van der Waals surface area contributed by atoms with E-state index in [2.05, 4.69) is 0 Å². The number of carbonyl (C=O) groups excluding carboxylic acids is 1. The molecule has 4 nitrogen and oxygen atoms in total. The van der Waals surface area contributed by atoms with Gasteiger partial charge in [0, 0.05) is 22.2 Å². The molecule has 4 aromatic rings. The molecule has 0 saturated heterocycles. The van der Waals surface area contributed by atoms with E-state index in [1.807, 2.05) is 66.7 Å². The topological polar surface area (TPSA) is 59.3 Å². The van der Waals surface area contributed by atoms with Crippen LogP contribution in [-0.2, 0) is 11.3 Å². The van der Waals surface area contributed by atoms with Gasteiger partial charge in [0.25, 0.3) is 0 Å². The molecule has 3 aromatic carbocycles. The predicted octanol–water partition coefficient (Wildman–Crippen LogP) is 4.42. The second kappa shape index (κ2) is 6.15. The number of ketones is 1. The number of hydrogen-bond acceptors (Lipinski definition) is 2. The van der Waals surface area contributed by atoms with Crippen molar-refractivity contribution < 1.29 is 14.7 Å². The molecule has 0 aliphatic rings. The summed E-state index contributed by atoms with van der Waals surface area (Å²) in [6, 6.07) is 20.9. The first-order chi connectivity index (χ1) is 12.6. The molecule has 128 valence electrons. The molecule has 1 N–H and O–H groups in total. The maximum Gasteiger partial charge on any atom is 0.323 e. The zero-order valence-corrected chi connectivity index (χ0v) is 14.3. The van der Waals surface area contributed by atoms with Crippen LogP contribution >= 0.6 is 0 Å². The standard InChI is InChI=1S/C22H17NO3/c1-14-21(18-10-4-5-12-19(18)23(14)13-20(24)25)22(26)17-11-6-8-15-7-2-3-9-16(15)17/h2-12H,13H2,1H3,(H,24,25). The van der Waals surface area contributed by atoms with Crippen molar-refractivity contribution in [3.05, 3.63) is 83.6 Å². The number of aromatic nitrogens is 1. The van der Waals surface area contributed by atoms with Gasteiger partial charge in [-0.15, -0.1) is 0 Å². The number of fused-ring (bicyclic) bond motifs is 2. The van der Waals surface area contributed by atoms with Crippen LogP contribution in [0.25, 0.3) is 21.7 Å². The molecule has 0 atom stereocenters. The Bertz CT molecular complexity index is 1170. The van der Waals surface area contributed by atoms with E-state index in [0.29, 0.717) is 16.8 Å². The van der Waals surface area contributed by atoms with E-state index in [-0.39, 0.29) is 12.3 Å². The lowest BCUT2D eigenvalue weighted by Gasteiger charge is -2.07. The van der Waals surface area contributed by atoms with Crippen molar-refractivity contribution in [2.24, 2.45) is 0 Å². The molecule has 0 unspecified atom stereocenters. The van der Waals surface area contributed by atoms with E-state index in [9.17, 15) is 14.7 Å². The SMILES string of the molecule is Cc1c(C(=O)c2cccc3ccccc23)c2ccccc2n1CC(=O)O. The Kier molecular flexibility index (Phi) is 3.81. The van der Waals surface area contributed by atoms with E-state index < -0.39 is 5.97 Å². The van der Waals surface area contributed by atoms with Crippen LogP contribution in [0, 0.1) is 6.92 Å². The molecule has 1 heterocycles. The monoisotopic (exact) mass is 343 g/mol. The van der Waals surface area contributed by atoms with Gasteiger partial charge in [0.2, 0.25) is 0 Å². The molecule has 26 heavy (non-hydrogen) atoms. The van der Waals surface area contributed by atoms with Crippen LogP contribution in [-0.4, -0.2) is 21.4 Å². The van der Waals surface area contributed by atoms with Crippen LogP contribution < -0.4 is 0 Å². The first-order valence-electron chi connectivity index (χ1n) is 8.40. The highest BCUT2D eigenvalue weighted by Gasteiger charge is 2.22. The highest BCUT2D eigenvalue weighted by atomic mass is 16.4. The quantitative estimate of drug-likeness (QED) is 0.558. The number of para-hydroxylation sites is 1. The molecular formula is C22H17NO3. The summed E-state index contributed by atoms with van der Waals surface area (Å²) in [5.41, 5.74) is 2.63. The lowest BCUT2D eigenvalue weighted by atomic mass is 9.95. The molecular weight excluding hydrogens is 326 g/mol. The Morgan fingerprint density at radius 1 is 0.885 bits per heavy atom. The van der Waals surface area contributed by atoms with Crippen molar-refractivity contribution in [1.29, 1.82) is 0 Å². The Balaban J connectivity index is 1.98. The van der Waals surface area contributed by atoms with Crippen molar-refractivity contribution in [2.45, 2.75) is 13.5 Å². The average Bonchev–Trinajstić information content (AvgIpc) is 2.92. The number of rotatable bonds is 4. The molecule has 0 radical (unpaired) electrons. The van der Waals surface area contributed by atoms with Crippen LogP contribution in [0.1, 0.15) is 21.6 Å². The van der Waals surface area contributed by atoms with Gasteiger partial charge >= 0.3 is 5.97 Å². The van der Waals surface area contributed by atoms with Gasteiger partial charge in [-0.25, -0.2) is 0 Å². The van der Waals surface area contributed by atoms with Gasteiger partial charge in [-0.1, -0.05) is 60.7 Å². The number of benzene rings is 3. The fourth-order valence-corrected chi connectivity index (χ4v) is 3.61. The highest BCUT2D eigenvalue weighted by Crippen LogP contribution is 2.30. The first-order valence-corrected chi connectivity index (χ1v) is 8.40. The van der Waals surface area contributed by atoms with Crippen LogP contribution in [0.15, 0.2) is 66.7 Å². The minimum Gasteiger partial charge on any atom is -0.480 e. The number of carbonyl (C=O) groups is 2. The molecule has 0 amide bonds. The van der Waals surface area contributed by atoms with Crippen molar-refractivity contribution in [3.8, 4) is 0 Å². The molecule has 4 heteroatoms. The molecule has 0 bridgehead atoms. The van der Waals surface area contributed by atoms with E-state index in [0.717, 1.165) is 21.7 Å². The van der Waals surface area contributed by atoms with Crippen LogP contribution in [0.4, 0.5) is 0 Å². The number of aliphatic carboxylic acids is 1. The maximum absolute atomic E-state index is 13.4. The van der Waals surface area contributed by atoms with E-state index in [1.165, 1.54) is 0 Å². The minimum atomic E-state index is -0.932. The third kappa shape index (κ3) is 2.47. The van der Waals surface area contributed by atoms with Crippen molar-refractivity contribution in [2.75, 3.05) is 0 Å². The Labute approximate surface area is 150 Å². The van der Waals surface area contributed by atoms with Gasteiger partial charge in [-0.2, -0.15) is 0 Å². The Hall–Kier alpha value is -3.40. The summed E-state index contributed by atoms with van der Waals surface area (Å²) < 4.78 is 1.69. The summed E-state index contributed by atoms with van der Waals surface area (Å²) in [6.07, 6.45) is 0. The lowest BCUT2D eigenvalue weighted by Crippen LogP contribution is -2.11. The van der Waals surface area contributed by atoms with Gasteiger partial charge in [0.1, 0.15) is 6.54 Å². The van der Waals surface area contributed by atoms with Crippen molar-refractivity contribution in [3.63, 3.8) is 0 Å². The molecule has 0 spiro atoms. The third-order valence-electron chi connectivity index (χ3n) is 4.79. The van der Waals surface area contributed by atoms with Gasteiger partial charge < -0.3 is 9.67 Å². The normalized spacial score (nSPS) is 11.1. The largest absolute Gasteiger partial charge is 0.480 e. The molecule has 0 aliphatic heterocycles.